The van der Waals surface area contributed by atoms with Crippen LogP contribution in [0.4, 0.5) is 5.69 Å². The number of carbonyl (C=O) groups is 1. The minimum absolute atomic E-state index is 0.0247. The predicted molar refractivity (Wildman–Crippen MR) is 109 cm³/mol. The highest BCUT2D eigenvalue weighted by atomic mass is 31.2. The first kappa shape index (κ1) is 24.3. The molecule has 0 saturated heterocycles. The van der Waals surface area contributed by atoms with Crippen LogP contribution in [-0.4, -0.2) is 38.2 Å². The van der Waals surface area contributed by atoms with Crippen molar-refractivity contribution < 1.29 is 38.4 Å². The highest BCUT2D eigenvalue weighted by molar-refractivity contribution is 7.49. The van der Waals surface area contributed by atoms with Crippen molar-refractivity contribution >= 4 is 19.4 Å². The molecule has 168 valence electrons. The maximum Gasteiger partial charge on any atom is 0.436 e. The third-order valence-electron chi connectivity index (χ3n) is 3.97. The molecular weight excluding hydrogens is 431 g/mol. The molecule has 0 bridgehead atoms. The number of nitro benzene ring substituents is 1. The normalized spacial score (nSPS) is 12.5. The fraction of sp³-hybridized carbons (Fsp3) is 0.316. The first-order valence-corrected chi connectivity index (χ1v) is 10.8. The topological polar surface area (TPSA) is 149 Å². The summed E-state index contributed by atoms with van der Waals surface area (Å²) < 4.78 is 22.8. The summed E-state index contributed by atoms with van der Waals surface area (Å²) in [5, 5.41) is 10.8. The van der Waals surface area contributed by atoms with Crippen LogP contribution in [0.15, 0.2) is 48.5 Å². The Kier molecular flexibility index (Phi) is 8.12. The van der Waals surface area contributed by atoms with Gasteiger partial charge in [0, 0.05) is 12.1 Å². The summed E-state index contributed by atoms with van der Waals surface area (Å²) in [6.45, 7) is 4.78. The van der Waals surface area contributed by atoms with Crippen molar-refractivity contribution in [3.63, 3.8) is 0 Å². The van der Waals surface area contributed by atoms with Gasteiger partial charge in [-0.25, -0.2) is 4.57 Å². The Bertz CT molecular complexity index is 959. The van der Waals surface area contributed by atoms with Crippen LogP contribution in [0.2, 0.25) is 0 Å². The van der Waals surface area contributed by atoms with Gasteiger partial charge in [0.2, 0.25) is 0 Å². The Balaban J connectivity index is 2.37. The summed E-state index contributed by atoms with van der Waals surface area (Å²) in [6, 6.07) is 9.84. The molecule has 0 aliphatic carbocycles. The quantitative estimate of drug-likeness (QED) is 0.236. The lowest BCUT2D eigenvalue weighted by molar-refractivity contribution is -0.384. The molecule has 2 N–H and O–H groups in total. The van der Waals surface area contributed by atoms with E-state index >= 15 is 0 Å². The number of carbonyl (C=O) groups excluding carboxylic acids is 1. The van der Waals surface area contributed by atoms with Crippen LogP contribution in [0.25, 0.3) is 0 Å². The van der Waals surface area contributed by atoms with Crippen molar-refractivity contribution in [2.75, 3.05) is 6.61 Å². The molecule has 11 nitrogen and oxygen atoms in total. The first-order chi connectivity index (χ1) is 14.5. The molecule has 2 rings (SSSR count). The van der Waals surface area contributed by atoms with E-state index in [4.69, 9.17) is 14.3 Å². The second-order valence-corrected chi connectivity index (χ2v) is 8.07. The van der Waals surface area contributed by atoms with Crippen LogP contribution in [0.3, 0.4) is 0 Å². The number of benzene rings is 2. The third kappa shape index (κ3) is 6.50. The maximum atomic E-state index is 12.4. The third-order valence-corrected chi connectivity index (χ3v) is 4.81. The number of nitrogens with zero attached hydrogens (tertiary/aromatic N) is 2. The number of hydrogen-bond donors (Lipinski definition) is 2. The van der Waals surface area contributed by atoms with E-state index in [1.165, 1.54) is 36.4 Å². The van der Waals surface area contributed by atoms with Crippen molar-refractivity contribution in [3.8, 4) is 17.2 Å². The average molecular weight is 454 g/mol. The standard InChI is InChI=1S/C19H23N2O9P/c1-4-28-19(22)18(13(2)3)21(31(25,26)27)30-17-8-6-5-7-16(17)29-15-11-9-14(10-12-15)20(23)24/h5-13,18H,4H2,1-3H3,(H2,25,26,27)/t18-/m0/s1. The van der Waals surface area contributed by atoms with Crippen LogP contribution in [0.5, 0.6) is 17.2 Å². The summed E-state index contributed by atoms with van der Waals surface area (Å²) in [4.78, 5) is 48.0. The van der Waals surface area contributed by atoms with E-state index in [1.54, 1.807) is 32.9 Å². The van der Waals surface area contributed by atoms with Crippen LogP contribution >= 0.6 is 7.75 Å². The number of rotatable bonds is 10. The second kappa shape index (κ2) is 10.4. The molecule has 0 heterocycles. The molecule has 2 aromatic carbocycles. The SMILES string of the molecule is CCOC(=O)[C@H](C(C)C)N(Oc1ccccc1Oc1ccc([N+](=O)[O-])cc1)P(=O)(O)O. The van der Waals surface area contributed by atoms with Crippen molar-refractivity contribution in [1.29, 1.82) is 0 Å². The molecule has 0 saturated carbocycles. The minimum atomic E-state index is -5.07. The van der Waals surface area contributed by atoms with Gasteiger partial charge < -0.3 is 24.1 Å². The van der Waals surface area contributed by atoms with Crippen molar-refractivity contribution in [2.45, 2.75) is 26.8 Å². The van der Waals surface area contributed by atoms with Crippen molar-refractivity contribution in [1.82, 2.24) is 4.83 Å². The Morgan fingerprint density at radius 2 is 1.71 bits per heavy atom. The largest absolute Gasteiger partial charge is 0.465 e. The Morgan fingerprint density at radius 3 is 2.19 bits per heavy atom. The van der Waals surface area contributed by atoms with E-state index in [9.17, 15) is 29.3 Å². The Labute approximate surface area is 178 Å². The van der Waals surface area contributed by atoms with Gasteiger partial charge in [-0.2, -0.15) is 0 Å². The van der Waals surface area contributed by atoms with Gasteiger partial charge in [-0.3, -0.25) is 14.9 Å². The average Bonchev–Trinajstić information content (AvgIpc) is 2.68. The molecule has 2 aromatic rings. The highest BCUT2D eigenvalue weighted by Gasteiger charge is 2.43. The zero-order chi connectivity index (χ0) is 23.2. The van der Waals surface area contributed by atoms with Crippen LogP contribution in [-0.2, 0) is 14.1 Å². The Hall–Kier alpha value is -2.98. The summed E-state index contributed by atoms with van der Waals surface area (Å²) >= 11 is 0. The van der Waals surface area contributed by atoms with Gasteiger partial charge in [-0.15, -0.1) is 0 Å². The summed E-state index contributed by atoms with van der Waals surface area (Å²) in [6.07, 6.45) is 0. The first-order valence-electron chi connectivity index (χ1n) is 9.25. The number of nitro groups is 1. The predicted octanol–water partition coefficient (Wildman–Crippen LogP) is 3.66. The molecule has 0 aliphatic rings. The fourth-order valence-electron chi connectivity index (χ4n) is 2.59. The number of hydrogen-bond acceptors (Lipinski definition) is 7. The number of non-ortho nitro benzene ring substituents is 1. The fourth-order valence-corrected chi connectivity index (χ4v) is 3.47. The molecule has 1 atom stereocenters. The number of esters is 1. The van der Waals surface area contributed by atoms with Crippen LogP contribution in [0, 0.1) is 16.0 Å². The molecule has 0 radical (unpaired) electrons. The lowest BCUT2D eigenvalue weighted by atomic mass is 10.1. The molecule has 0 aromatic heterocycles. The van der Waals surface area contributed by atoms with Gasteiger partial charge in [-0.05, 0) is 41.9 Å². The number of hydroxylamine groups is 1. The lowest BCUT2D eigenvalue weighted by Gasteiger charge is -2.31. The van der Waals surface area contributed by atoms with E-state index in [0.29, 0.717) is 4.83 Å². The van der Waals surface area contributed by atoms with E-state index in [1.807, 2.05) is 0 Å². The van der Waals surface area contributed by atoms with Gasteiger partial charge in [-0.1, -0.05) is 26.0 Å². The number of para-hydroxylation sites is 2. The summed E-state index contributed by atoms with van der Waals surface area (Å²) in [5.74, 6) is -1.19. The van der Waals surface area contributed by atoms with Crippen molar-refractivity contribution in [2.24, 2.45) is 5.92 Å². The maximum absolute atomic E-state index is 12.4. The molecular formula is C19H23N2O9P. The van der Waals surface area contributed by atoms with Gasteiger partial charge in [0.15, 0.2) is 17.5 Å². The molecule has 0 amide bonds. The molecule has 0 unspecified atom stereocenters. The smallest absolute Gasteiger partial charge is 0.436 e. The van der Waals surface area contributed by atoms with E-state index in [2.05, 4.69) is 0 Å². The summed E-state index contributed by atoms with van der Waals surface area (Å²) in [5.41, 5.74) is -0.126. The molecule has 0 fully saturated rings. The molecule has 0 aliphatic heterocycles. The highest BCUT2D eigenvalue weighted by Crippen LogP contribution is 2.45. The molecule has 12 heteroatoms. The molecule has 31 heavy (non-hydrogen) atoms. The minimum Gasteiger partial charge on any atom is -0.465 e. The van der Waals surface area contributed by atoms with Gasteiger partial charge in [0.05, 0.1) is 11.5 Å². The van der Waals surface area contributed by atoms with Gasteiger partial charge >= 0.3 is 13.7 Å². The van der Waals surface area contributed by atoms with Crippen LogP contribution < -0.4 is 9.57 Å². The van der Waals surface area contributed by atoms with E-state index in [0.717, 1.165) is 0 Å². The van der Waals surface area contributed by atoms with E-state index in [-0.39, 0.29) is 29.5 Å². The van der Waals surface area contributed by atoms with Gasteiger partial charge in [0.25, 0.3) is 5.69 Å². The summed E-state index contributed by atoms with van der Waals surface area (Å²) in [7, 11) is -5.07. The number of ether oxygens (including phenoxy) is 2. The lowest BCUT2D eigenvalue weighted by Crippen LogP contribution is -2.45. The van der Waals surface area contributed by atoms with Gasteiger partial charge in [0.1, 0.15) is 5.75 Å². The molecule has 0 spiro atoms. The van der Waals surface area contributed by atoms with Crippen LogP contribution in [0.1, 0.15) is 20.8 Å². The zero-order valence-electron chi connectivity index (χ0n) is 17.1. The van der Waals surface area contributed by atoms with Crippen molar-refractivity contribution in [3.05, 3.63) is 58.6 Å². The second-order valence-electron chi connectivity index (χ2n) is 6.65. The Morgan fingerprint density at radius 1 is 1.13 bits per heavy atom. The van der Waals surface area contributed by atoms with E-state index < -0.39 is 30.6 Å². The monoisotopic (exact) mass is 454 g/mol. The zero-order valence-corrected chi connectivity index (χ0v) is 18.0.